The summed E-state index contributed by atoms with van der Waals surface area (Å²) in [4.78, 5) is 24.2. The topological polar surface area (TPSA) is 49.9 Å². The molecular formula is C10H15NO3. The molecule has 0 aromatic heterocycles. The highest BCUT2D eigenvalue weighted by molar-refractivity contribution is 6.03. The van der Waals surface area contributed by atoms with Gasteiger partial charge >= 0.3 is 0 Å². The van der Waals surface area contributed by atoms with E-state index in [2.05, 4.69) is 0 Å². The normalized spacial score (nSPS) is 36.7. The highest BCUT2D eigenvalue weighted by Gasteiger charge is 2.39. The molecule has 2 rings (SSSR count). The molecule has 3 unspecified atom stereocenters. The summed E-state index contributed by atoms with van der Waals surface area (Å²) in [7, 11) is 0. The maximum atomic E-state index is 11.5. The average Bonchev–Trinajstić information content (AvgIpc) is 2.75. The number of hydrogen-bond donors (Lipinski definition) is 0. The lowest BCUT2D eigenvalue weighted by atomic mass is 10.1. The highest BCUT2D eigenvalue weighted by atomic mass is 16.6. The van der Waals surface area contributed by atoms with Gasteiger partial charge in [-0.2, -0.15) is 0 Å². The summed E-state index contributed by atoms with van der Waals surface area (Å²) in [6, 6.07) is 0. The van der Waals surface area contributed by atoms with Crippen molar-refractivity contribution in [3.63, 3.8) is 0 Å². The fraction of sp³-hybridized carbons (Fsp3) is 0.800. The summed E-state index contributed by atoms with van der Waals surface area (Å²) in [5.41, 5.74) is 0. The second kappa shape index (κ2) is 3.35. The Morgan fingerprint density at radius 2 is 2.07 bits per heavy atom. The van der Waals surface area contributed by atoms with Crippen molar-refractivity contribution in [3.05, 3.63) is 0 Å². The molecular weight excluding hydrogens is 182 g/mol. The fourth-order valence-corrected chi connectivity index (χ4v) is 1.87. The van der Waals surface area contributed by atoms with E-state index in [0.29, 0.717) is 19.1 Å². The van der Waals surface area contributed by atoms with Gasteiger partial charge in [0.15, 0.2) is 0 Å². The third-order valence-corrected chi connectivity index (χ3v) is 2.94. The van der Waals surface area contributed by atoms with Gasteiger partial charge in [-0.3, -0.25) is 14.5 Å². The van der Waals surface area contributed by atoms with Gasteiger partial charge in [0.1, 0.15) is 0 Å². The predicted octanol–water partition coefficient (Wildman–Crippen LogP) is 0.559. The van der Waals surface area contributed by atoms with Crippen LogP contribution in [0.25, 0.3) is 0 Å². The molecule has 2 aliphatic rings. The first kappa shape index (κ1) is 9.65. The quantitative estimate of drug-likeness (QED) is 0.490. The lowest BCUT2D eigenvalue weighted by molar-refractivity contribution is -0.139. The van der Waals surface area contributed by atoms with E-state index in [1.807, 2.05) is 6.92 Å². The Balaban J connectivity index is 1.84. The minimum Gasteiger partial charge on any atom is -0.370 e. The van der Waals surface area contributed by atoms with Crippen LogP contribution in [-0.2, 0) is 14.3 Å². The van der Waals surface area contributed by atoms with E-state index >= 15 is 0 Å². The number of hydrogen-bond acceptors (Lipinski definition) is 3. The van der Waals surface area contributed by atoms with Crippen LogP contribution in [-0.4, -0.2) is 35.5 Å². The minimum absolute atomic E-state index is 0.0247. The van der Waals surface area contributed by atoms with Crippen molar-refractivity contribution in [2.24, 2.45) is 5.92 Å². The number of amides is 2. The van der Waals surface area contributed by atoms with Crippen LogP contribution in [0.5, 0.6) is 0 Å². The monoisotopic (exact) mass is 197 g/mol. The van der Waals surface area contributed by atoms with Gasteiger partial charge in [-0.25, -0.2) is 0 Å². The summed E-state index contributed by atoms with van der Waals surface area (Å²) in [5, 5.41) is 0. The number of carbonyl (C=O) groups is 2. The zero-order chi connectivity index (χ0) is 10.3. The highest BCUT2D eigenvalue weighted by Crippen LogP contribution is 2.26. The van der Waals surface area contributed by atoms with Crippen molar-refractivity contribution in [2.45, 2.75) is 38.9 Å². The summed E-state index contributed by atoms with van der Waals surface area (Å²) in [5.74, 6) is -0.181. The maximum Gasteiger partial charge on any atom is 0.232 e. The van der Waals surface area contributed by atoms with Crippen LogP contribution < -0.4 is 0 Å². The Labute approximate surface area is 83.2 Å². The molecule has 0 aliphatic carbocycles. The van der Waals surface area contributed by atoms with Gasteiger partial charge in [0.2, 0.25) is 11.8 Å². The average molecular weight is 197 g/mol. The number of epoxide rings is 1. The second-order valence-corrected chi connectivity index (χ2v) is 4.16. The molecule has 14 heavy (non-hydrogen) atoms. The van der Waals surface area contributed by atoms with Crippen LogP contribution in [0.4, 0.5) is 0 Å². The standard InChI is InChI=1S/C10H15NO3/c1-6-5-9(12)11(10(6)13)4-3-8-7(2)14-8/h6-8H,3-5H2,1-2H3. The first-order valence-electron chi connectivity index (χ1n) is 5.09. The largest absolute Gasteiger partial charge is 0.370 e. The minimum atomic E-state index is -0.125. The van der Waals surface area contributed by atoms with Crippen LogP contribution in [0, 0.1) is 5.92 Å². The summed E-state index contributed by atoms with van der Waals surface area (Å²) >= 11 is 0. The van der Waals surface area contributed by atoms with Gasteiger partial charge < -0.3 is 4.74 Å². The third kappa shape index (κ3) is 1.66. The molecule has 4 heteroatoms. The molecule has 0 spiro atoms. The van der Waals surface area contributed by atoms with Crippen LogP contribution in [0.1, 0.15) is 26.7 Å². The van der Waals surface area contributed by atoms with Crippen LogP contribution >= 0.6 is 0 Å². The van der Waals surface area contributed by atoms with Crippen molar-refractivity contribution in [3.8, 4) is 0 Å². The number of likely N-dealkylation sites (tertiary alicyclic amines) is 1. The van der Waals surface area contributed by atoms with E-state index in [-0.39, 0.29) is 23.8 Å². The first-order valence-corrected chi connectivity index (χ1v) is 5.09. The smallest absolute Gasteiger partial charge is 0.232 e. The Bertz CT molecular complexity index is 277. The zero-order valence-corrected chi connectivity index (χ0v) is 8.53. The van der Waals surface area contributed by atoms with Gasteiger partial charge in [-0.15, -0.1) is 0 Å². The first-order chi connectivity index (χ1) is 6.59. The van der Waals surface area contributed by atoms with Gasteiger partial charge in [-0.05, 0) is 13.3 Å². The van der Waals surface area contributed by atoms with Crippen LogP contribution in [0.2, 0.25) is 0 Å². The molecule has 0 aromatic carbocycles. The number of nitrogens with zero attached hydrogens (tertiary/aromatic N) is 1. The lowest BCUT2D eigenvalue weighted by Crippen LogP contribution is -2.32. The maximum absolute atomic E-state index is 11.5. The van der Waals surface area contributed by atoms with E-state index < -0.39 is 0 Å². The van der Waals surface area contributed by atoms with E-state index in [4.69, 9.17) is 4.74 Å². The molecule has 2 heterocycles. The van der Waals surface area contributed by atoms with Gasteiger partial charge in [0.25, 0.3) is 0 Å². The Morgan fingerprint density at radius 3 is 2.50 bits per heavy atom. The van der Waals surface area contributed by atoms with Crippen molar-refractivity contribution in [1.82, 2.24) is 4.90 Å². The molecule has 0 bridgehead atoms. The Morgan fingerprint density at radius 1 is 1.43 bits per heavy atom. The van der Waals surface area contributed by atoms with E-state index in [1.54, 1.807) is 6.92 Å². The van der Waals surface area contributed by atoms with Crippen molar-refractivity contribution < 1.29 is 14.3 Å². The summed E-state index contributed by atoms with van der Waals surface area (Å²) in [6.07, 6.45) is 1.72. The Kier molecular flexibility index (Phi) is 2.31. The second-order valence-electron chi connectivity index (χ2n) is 4.16. The van der Waals surface area contributed by atoms with E-state index in [0.717, 1.165) is 6.42 Å². The summed E-state index contributed by atoms with van der Waals surface area (Å²) in [6.45, 7) is 4.33. The molecule has 2 amide bonds. The van der Waals surface area contributed by atoms with Crippen LogP contribution in [0.3, 0.4) is 0 Å². The molecule has 78 valence electrons. The van der Waals surface area contributed by atoms with E-state index in [1.165, 1.54) is 4.90 Å². The molecule has 4 nitrogen and oxygen atoms in total. The third-order valence-electron chi connectivity index (χ3n) is 2.94. The molecule has 2 aliphatic heterocycles. The number of rotatable bonds is 3. The molecule has 0 radical (unpaired) electrons. The van der Waals surface area contributed by atoms with Gasteiger partial charge in [-0.1, -0.05) is 6.92 Å². The van der Waals surface area contributed by atoms with Crippen LogP contribution in [0.15, 0.2) is 0 Å². The lowest BCUT2D eigenvalue weighted by Gasteiger charge is -2.12. The molecule has 0 N–H and O–H groups in total. The molecule has 0 saturated carbocycles. The number of imide groups is 1. The SMILES string of the molecule is CC1CC(=O)N(CCC2OC2C)C1=O. The van der Waals surface area contributed by atoms with Gasteiger partial charge in [0.05, 0.1) is 12.2 Å². The van der Waals surface area contributed by atoms with E-state index in [9.17, 15) is 9.59 Å². The molecule has 3 atom stereocenters. The van der Waals surface area contributed by atoms with Crippen molar-refractivity contribution >= 4 is 11.8 Å². The van der Waals surface area contributed by atoms with Crippen molar-refractivity contribution in [2.75, 3.05) is 6.54 Å². The zero-order valence-electron chi connectivity index (χ0n) is 8.53. The molecule has 2 fully saturated rings. The molecule has 0 aromatic rings. The molecule has 2 saturated heterocycles. The van der Waals surface area contributed by atoms with Gasteiger partial charge in [0, 0.05) is 18.9 Å². The summed E-state index contributed by atoms with van der Waals surface area (Å²) < 4.78 is 5.22. The fourth-order valence-electron chi connectivity index (χ4n) is 1.87. The predicted molar refractivity (Wildman–Crippen MR) is 49.5 cm³/mol. The van der Waals surface area contributed by atoms with Crippen molar-refractivity contribution in [1.29, 1.82) is 0 Å². The number of carbonyl (C=O) groups excluding carboxylic acids is 2. The number of ether oxygens (including phenoxy) is 1. The Hall–Kier alpha value is -0.900.